The monoisotopic (exact) mass is 242 g/mol. The van der Waals surface area contributed by atoms with Gasteiger partial charge in [-0.25, -0.2) is 4.79 Å². The van der Waals surface area contributed by atoms with Gasteiger partial charge in [0.05, 0.1) is 18.7 Å². The molecule has 0 aromatic heterocycles. The van der Waals surface area contributed by atoms with Crippen molar-refractivity contribution in [1.82, 2.24) is 10.2 Å². The van der Waals surface area contributed by atoms with Gasteiger partial charge in [0, 0.05) is 6.54 Å². The fraction of sp³-hybridized carbons (Fsp3) is 0.818. The van der Waals surface area contributed by atoms with Crippen molar-refractivity contribution in [3.8, 4) is 0 Å². The maximum absolute atomic E-state index is 12.3. The Balaban J connectivity index is 2.01. The molecule has 96 valence electrons. The lowest BCUT2D eigenvalue weighted by molar-refractivity contribution is -0.161. The van der Waals surface area contributed by atoms with Gasteiger partial charge in [-0.3, -0.25) is 4.79 Å². The molecular formula is C11H18N2O4. The standard InChI is InChI=1S/C11H18N2O4/c1-11(3-2-4-12-11)10(16)13-5-6-17-8(7-13)9(14)15/h8,12H,2-7H2,1H3,(H,14,15). The van der Waals surface area contributed by atoms with E-state index >= 15 is 0 Å². The summed E-state index contributed by atoms with van der Waals surface area (Å²) in [6.07, 6.45) is 0.897. The fourth-order valence-corrected chi connectivity index (χ4v) is 2.41. The van der Waals surface area contributed by atoms with Crippen molar-refractivity contribution in [1.29, 1.82) is 0 Å². The van der Waals surface area contributed by atoms with E-state index in [4.69, 9.17) is 9.84 Å². The number of carbonyl (C=O) groups is 2. The second-order valence-electron chi connectivity index (χ2n) is 4.81. The van der Waals surface area contributed by atoms with E-state index < -0.39 is 17.6 Å². The highest BCUT2D eigenvalue weighted by atomic mass is 16.5. The van der Waals surface area contributed by atoms with Crippen molar-refractivity contribution in [2.45, 2.75) is 31.4 Å². The quantitative estimate of drug-likeness (QED) is 0.678. The van der Waals surface area contributed by atoms with Gasteiger partial charge in [-0.05, 0) is 26.3 Å². The first-order chi connectivity index (χ1) is 8.03. The number of rotatable bonds is 2. The van der Waals surface area contributed by atoms with Gasteiger partial charge in [0.2, 0.25) is 5.91 Å². The predicted octanol–water partition coefficient (Wildman–Crippen LogP) is -0.559. The molecule has 6 nitrogen and oxygen atoms in total. The number of hydrogen-bond acceptors (Lipinski definition) is 4. The molecule has 0 aromatic rings. The lowest BCUT2D eigenvalue weighted by atomic mass is 9.98. The van der Waals surface area contributed by atoms with Crippen LogP contribution < -0.4 is 5.32 Å². The van der Waals surface area contributed by atoms with Crippen LogP contribution in [0.15, 0.2) is 0 Å². The molecule has 2 unspecified atom stereocenters. The highest BCUT2D eigenvalue weighted by Crippen LogP contribution is 2.22. The van der Waals surface area contributed by atoms with Gasteiger partial charge in [-0.15, -0.1) is 0 Å². The van der Waals surface area contributed by atoms with Crippen LogP contribution in [0.25, 0.3) is 0 Å². The van der Waals surface area contributed by atoms with Crippen LogP contribution in [0.3, 0.4) is 0 Å². The van der Waals surface area contributed by atoms with E-state index in [1.807, 2.05) is 6.92 Å². The maximum atomic E-state index is 12.3. The van der Waals surface area contributed by atoms with Crippen molar-refractivity contribution in [3.05, 3.63) is 0 Å². The Morgan fingerprint density at radius 2 is 2.29 bits per heavy atom. The van der Waals surface area contributed by atoms with Gasteiger partial charge in [-0.2, -0.15) is 0 Å². The molecule has 2 atom stereocenters. The highest BCUT2D eigenvalue weighted by molar-refractivity contribution is 5.87. The van der Waals surface area contributed by atoms with Crippen molar-refractivity contribution in [2.75, 3.05) is 26.2 Å². The van der Waals surface area contributed by atoms with E-state index in [0.717, 1.165) is 19.4 Å². The Bertz CT molecular complexity index is 325. The molecule has 0 saturated carbocycles. The van der Waals surface area contributed by atoms with Crippen molar-refractivity contribution < 1.29 is 19.4 Å². The molecule has 2 rings (SSSR count). The molecule has 2 N–H and O–H groups in total. The van der Waals surface area contributed by atoms with Crippen LogP contribution in [0.4, 0.5) is 0 Å². The average molecular weight is 242 g/mol. The van der Waals surface area contributed by atoms with E-state index in [2.05, 4.69) is 5.32 Å². The molecule has 2 fully saturated rings. The zero-order chi connectivity index (χ0) is 12.5. The van der Waals surface area contributed by atoms with Gasteiger partial charge in [0.15, 0.2) is 6.10 Å². The van der Waals surface area contributed by atoms with E-state index in [9.17, 15) is 9.59 Å². The Labute approximate surface area is 99.9 Å². The van der Waals surface area contributed by atoms with Gasteiger partial charge in [0.1, 0.15) is 0 Å². The Morgan fingerprint density at radius 1 is 1.53 bits per heavy atom. The molecule has 2 aliphatic heterocycles. The summed E-state index contributed by atoms with van der Waals surface area (Å²) in [5, 5.41) is 12.1. The number of ether oxygens (including phenoxy) is 1. The summed E-state index contributed by atoms with van der Waals surface area (Å²) in [4.78, 5) is 24.7. The van der Waals surface area contributed by atoms with Gasteiger partial charge in [-0.1, -0.05) is 0 Å². The Hall–Kier alpha value is -1.14. The summed E-state index contributed by atoms with van der Waals surface area (Å²) < 4.78 is 5.10. The molecule has 17 heavy (non-hydrogen) atoms. The van der Waals surface area contributed by atoms with Gasteiger partial charge in [0.25, 0.3) is 0 Å². The third kappa shape index (κ3) is 2.42. The van der Waals surface area contributed by atoms with Crippen LogP contribution in [0, 0.1) is 0 Å². The Kier molecular flexibility index (Phi) is 3.35. The zero-order valence-electron chi connectivity index (χ0n) is 9.94. The number of hydrogen-bond donors (Lipinski definition) is 2. The van der Waals surface area contributed by atoms with E-state index in [1.165, 1.54) is 0 Å². The molecule has 6 heteroatoms. The summed E-state index contributed by atoms with van der Waals surface area (Å²) in [5.41, 5.74) is -0.527. The van der Waals surface area contributed by atoms with E-state index in [0.29, 0.717) is 13.2 Å². The van der Waals surface area contributed by atoms with Crippen LogP contribution in [-0.2, 0) is 14.3 Å². The van der Waals surface area contributed by atoms with Crippen LogP contribution in [0.2, 0.25) is 0 Å². The normalized spacial score (nSPS) is 33.7. The number of amides is 1. The Morgan fingerprint density at radius 3 is 2.88 bits per heavy atom. The minimum absolute atomic E-state index is 0.00968. The lowest BCUT2D eigenvalue weighted by Gasteiger charge is -2.36. The number of carboxylic acids is 1. The first kappa shape index (κ1) is 12.3. The van der Waals surface area contributed by atoms with Gasteiger partial charge < -0.3 is 20.1 Å². The molecule has 0 spiro atoms. The molecule has 0 radical (unpaired) electrons. The van der Waals surface area contributed by atoms with Crippen LogP contribution in [0.5, 0.6) is 0 Å². The summed E-state index contributed by atoms with van der Waals surface area (Å²) >= 11 is 0. The van der Waals surface area contributed by atoms with Crippen LogP contribution in [0.1, 0.15) is 19.8 Å². The first-order valence-corrected chi connectivity index (χ1v) is 5.92. The molecule has 0 bridgehead atoms. The topological polar surface area (TPSA) is 78.9 Å². The van der Waals surface area contributed by atoms with Crippen LogP contribution >= 0.6 is 0 Å². The fourth-order valence-electron chi connectivity index (χ4n) is 2.41. The number of carbonyl (C=O) groups excluding carboxylic acids is 1. The van der Waals surface area contributed by atoms with E-state index in [1.54, 1.807) is 4.90 Å². The third-order valence-electron chi connectivity index (χ3n) is 3.47. The molecule has 0 aromatic carbocycles. The number of carboxylic acid groups (broad SMARTS) is 1. The number of morpholine rings is 1. The zero-order valence-corrected chi connectivity index (χ0v) is 9.94. The summed E-state index contributed by atoms with van der Waals surface area (Å²) in [6, 6.07) is 0. The lowest BCUT2D eigenvalue weighted by Crippen LogP contribution is -2.58. The van der Waals surface area contributed by atoms with Crippen molar-refractivity contribution in [2.24, 2.45) is 0 Å². The molecular weight excluding hydrogens is 224 g/mol. The van der Waals surface area contributed by atoms with Crippen molar-refractivity contribution in [3.63, 3.8) is 0 Å². The summed E-state index contributed by atoms with van der Waals surface area (Å²) in [7, 11) is 0. The van der Waals surface area contributed by atoms with E-state index in [-0.39, 0.29) is 12.5 Å². The largest absolute Gasteiger partial charge is 0.479 e. The molecule has 0 aliphatic carbocycles. The highest BCUT2D eigenvalue weighted by Gasteiger charge is 2.41. The van der Waals surface area contributed by atoms with Crippen LogP contribution in [-0.4, -0.2) is 59.8 Å². The SMILES string of the molecule is CC1(C(=O)N2CCOC(C(=O)O)C2)CCCN1. The average Bonchev–Trinajstić information content (AvgIpc) is 2.76. The second kappa shape index (κ2) is 4.62. The summed E-state index contributed by atoms with van der Waals surface area (Å²) in [6.45, 7) is 3.63. The molecule has 1 amide bonds. The van der Waals surface area contributed by atoms with Crippen molar-refractivity contribution >= 4 is 11.9 Å². The summed E-state index contributed by atoms with van der Waals surface area (Å²) in [5.74, 6) is -1.02. The molecule has 2 saturated heterocycles. The minimum atomic E-state index is -1.01. The predicted molar refractivity (Wildman–Crippen MR) is 59.6 cm³/mol. The van der Waals surface area contributed by atoms with Gasteiger partial charge >= 0.3 is 5.97 Å². The number of nitrogens with one attached hydrogen (secondary N) is 1. The number of aliphatic carboxylic acids is 1. The maximum Gasteiger partial charge on any atom is 0.334 e. The third-order valence-corrected chi connectivity index (χ3v) is 3.47. The smallest absolute Gasteiger partial charge is 0.334 e. The second-order valence-corrected chi connectivity index (χ2v) is 4.81. The molecule has 2 heterocycles. The molecule has 2 aliphatic rings. The minimum Gasteiger partial charge on any atom is -0.479 e. The first-order valence-electron chi connectivity index (χ1n) is 5.92. The number of nitrogens with zero attached hydrogens (tertiary/aromatic N) is 1.